The fourth-order valence-corrected chi connectivity index (χ4v) is 4.94. The number of nitrogens with zero attached hydrogens (tertiary/aromatic N) is 3. The molecule has 3 aliphatic rings. The van der Waals surface area contributed by atoms with Crippen molar-refractivity contribution in [3.8, 4) is 5.88 Å². The van der Waals surface area contributed by atoms with Gasteiger partial charge < -0.3 is 10.1 Å². The van der Waals surface area contributed by atoms with Gasteiger partial charge in [0.05, 0.1) is 12.3 Å². The van der Waals surface area contributed by atoms with Crippen molar-refractivity contribution in [2.24, 2.45) is 16.1 Å². The van der Waals surface area contributed by atoms with Crippen LogP contribution in [0, 0.1) is 11.7 Å². The van der Waals surface area contributed by atoms with Crippen LogP contribution >= 0.6 is 0 Å². The molecule has 2 heterocycles. The summed E-state index contributed by atoms with van der Waals surface area (Å²) in [6.45, 7) is 4.63. The first kappa shape index (κ1) is 23.6. The van der Waals surface area contributed by atoms with E-state index in [0.717, 1.165) is 35.4 Å². The first-order valence-corrected chi connectivity index (χ1v) is 12.7. The van der Waals surface area contributed by atoms with Gasteiger partial charge in [0, 0.05) is 29.7 Å². The van der Waals surface area contributed by atoms with Crippen LogP contribution in [-0.4, -0.2) is 34.5 Å². The third-order valence-corrected chi connectivity index (χ3v) is 7.03. The van der Waals surface area contributed by atoms with Crippen LogP contribution in [0.15, 0.2) is 46.6 Å². The Balaban J connectivity index is 1.22. The molecular weight excluding hydrogens is 443 g/mol. The van der Waals surface area contributed by atoms with Crippen molar-refractivity contribution < 1.29 is 13.9 Å². The van der Waals surface area contributed by atoms with Gasteiger partial charge in [0.25, 0.3) is 5.91 Å². The molecule has 1 N–H and O–H groups in total. The largest absolute Gasteiger partial charge is 0.477 e. The zero-order valence-corrected chi connectivity index (χ0v) is 20.5. The molecular formula is C28H33FN4O2. The highest BCUT2D eigenvalue weighted by Gasteiger charge is 2.29. The van der Waals surface area contributed by atoms with Gasteiger partial charge in [-0.05, 0) is 75.1 Å². The number of benzene rings is 1. The smallest absolute Gasteiger partial charge is 0.270 e. The lowest BCUT2D eigenvalue weighted by atomic mass is 9.93. The Kier molecular flexibility index (Phi) is 6.67. The lowest BCUT2D eigenvalue weighted by Crippen LogP contribution is -2.45. The van der Waals surface area contributed by atoms with Crippen molar-refractivity contribution in [3.05, 3.63) is 59.0 Å². The zero-order valence-electron chi connectivity index (χ0n) is 20.5. The van der Waals surface area contributed by atoms with Crippen LogP contribution in [0.1, 0.15) is 92.7 Å². The molecule has 2 fully saturated rings. The second-order valence-corrected chi connectivity index (χ2v) is 10.7. The molecule has 0 spiro atoms. The number of aromatic nitrogens is 1. The van der Waals surface area contributed by atoms with E-state index >= 15 is 0 Å². The fourth-order valence-electron chi connectivity index (χ4n) is 4.94. The number of carbonyl (C=O) groups is 1. The van der Waals surface area contributed by atoms with Crippen LogP contribution in [0.3, 0.4) is 0 Å². The minimum absolute atomic E-state index is 0.220. The van der Waals surface area contributed by atoms with E-state index in [1.807, 2.05) is 26.0 Å². The summed E-state index contributed by atoms with van der Waals surface area (Å²) < 4.78 is 19.3. The summed E-state index contributed by atoms with van der Waals surface area (Å²) in [7, 11) is 0. The molecule has 0 radical (unpaired) electrons. The summed E-state index contributed by atoms with van der Waals surface area (Å²) in [4.78, 5) is 17.8. The van der Waals surface area contributed by atoms with Gasteiger partial charge in [0.1, 0.15) is 11.5 Å². The van der Waals surface area contributed by atoms with Gasteiger partial charge in [-0.3, -0.25) is 4.79 Å². The van der Waals surface area contributed by atoms with Crippen molar-refractivity contribution in [2.75, 3.05) is 6.61 Å². The molecule has 1 amide bonds. The minimum atomic E-state index is -0.537. The van der Waals surface area contributed by atoms with Gasteiger partial charge in [-0.25, -0.2) is 9.37 Å². The minimum Gasteiger partial charge on any atom is -0.477 e. The summed E-state index contributed by atoms with van der Waals surface area (Å²) in [6.07, 6.45) is 8.34. The monoisotopic (exact) mass is 476 g/mol. The lowest BCUT2D eigenvalue weighted by Gasteiger charge is -2.26. The highest BCUT2D eigenvalue weighted by atomic mass is 19.1. The van der Waals surface area contributed by atoms with Gasteiger partial charge in [0.2, 0.25) is 5.88 Å². The summed E-state index contributed by atoms with van der Waals surface area (Å²) in [5.41, 5.74) is 3.53. The molecule has 1 aliphatic heterocycles. The van der Waals surface area contributed by atoms with Crippen LogP contribution in [0.2, 0.25) is 0 Å². The normalized spacial score (nSPS) is 18.4. The Morgan fingerprint density at radius 1 is 1.06 bits per heavy atom. The molecule has 2 aromatic rings. The quantitative estimate of drug-likeness (QED) is 0.496. The number of carbonyl (C=O) groups excluding carboxylic acids is 1. The topological polar surface area (TPSA) is 75.9 Å². The number of rotatable bonds is 9. The van der Waals surface area contributed by atoms with E-state index in [0.29, 0.717) is 42.9 Å². The maximum absolute atomic E-state index is 13.2. The maximum Gasteiger partial charge on any atom is 0.270 e. The highest BCUT2D eigenvalue weighted by Crippen LogP contribution is 2.39. The molecule has 2 aliphatic carbocycles. The molecule has 1 aromatic carbocycles. The number of halogens is 1. The van der Waals surface area contributed by atoms with E-state index in [9.17, 15) is 9.18 Å². The molecule has 0 bridgehead atoms. The summed E-state index contributed by atoms with van der Waals surface area (Å²) in [6, 6.07) is 10.1. The van der Waals surface area contributed by atoms with Crippen LogP contribution in [-0.2, 0) is 0 Å². The van der Waals surface area contributed by atoms with Crippen LogP contribution in [0.25, 0.3) is 0 Å². The van der Waals surface area contributed by atoms with Crippen molar-refractivity contribution in [3.63, 3.8) is 0 Å². The first-order chi connectivity index (χ1) is 16.9. The number of pyridine rings is 1. The van der Waals surface area contributed by atoms with Gasteiger partial charge in [0.15, 0.2) is 0 Å². The predicted molar refractivity (Wildman–Crippen MR) is 135 cm³/mol. The van der Waals surface area contributed by atoms with Crippen molar-refractivity contribution in [1.82, 2.24) is 10.3 Å². The van der Waals surface area contributed by atoms with Gasteiger partial charge >= 0.3 is 0 Å². The average molecular weight is 477 g/mol. The van der Waals surface area contributed by atoms with Crippen LogP contribution in [0.4, 0.5) is 4.39 Å². The van der Waals surface area contributed by atoms with Crippen LogP contribution < -0.4 is 10.1 Å². The Morgan fingerprint density at radius 3 is 2.51 bits per heavy atom. The number of nitrogens with one attached hydrogen (secondary N) is 1. The van der Waals surface area contributed by atoms with E-state index in [1.165, 1.54) is 37.8 Å². The predicted octanol–water partition coefficient (Wildman–Crippen LogP) is 5.81. The lowest BCUT2D eigenvalue weighted by molar-refractivity contribution is 0.0909. The second kappa shape index (κ2) is 9.88. The summed E-state index contributed by atoms with van der Waals surface area (Å²) in [5, 5.41) is 11.7. The Bertz CT molecular complexity index is 1150. The average Bonchev–Trinajstić information content (AvgIpc) is 3.28. The maximum atomic E-state index is 13.2. The van der Waals surface area contributed by atoms with E-state index in [4.69, 9.17) is 4.74 Å². The first-order valence-electron chi connectivity index (χ1n) is 12.7. The molecule has 2 saturated carbocycles. The van der Waals surface area contributed by atoms with E-state index in [1.54, 1.807) is 12.1 Å². The molecule has 35 heavy (non-hydrogen) atoms. The number of hydrogen-bond acceptors (Lipinski definition) is 5. The number of amides is 1. The Labute approximate surface area is 206 Å². The molecule has 7 heteroatoms. The number of ether oxygens (including phenoxy) is 1. The van der Waals surface area contributed by atoms with Crippen molar-refractivity contribution in [1.29, 1.82) is 0 Å². The Hall–Kier alpha value is -3.09. The SMILES string of the molecule is CC(C)(CC1=NN=C(c2ccc(F)cc2)C1)NC(=O)c1ccc(C2CCCC2)c(OCC2CC2)n1. The molecule has 1 aromatic heterocycles. The molecule has 184 valence electrons. The fraction of sp³-hybridized carbons (Fsp3) is 0.500. The van der Waals surface area contributed by atoms with E-state index < -0.39 is 5.54 Å². The van der Waals surface area contributed by atoms with E-state index in [-0.39, 0.29) is 11.7 Å². The van der Waals surface area contributed by atoms with Gasteiger partial charge in [-0.15, -0.1) is 0 Å². The standard InChI is InChI=1S/C28H33FN4O2/c1-28(2,16-22-15-25(33-32-22)20-9-11-21(29)12-10-20)31-26(34)24-14-13-23(19-5-3-4-6-19)27(30-24)35-17-18-7-8-18/h9-14,18-19H,3-8,15-17H2,1-2H3,(H,31,34). The molecule has 0 saturated heterocycles. The van der Waals surface area contributed by atoms with Gasteiger partial charge in [-0.2, -0.15) is 10.2 Å². The van der Waals surface area contributed by atoms with Crippen LogP contribution in [0.5, 0.6) is 5.88 Å². The van der Waals surface area contributed by atoms with Crippen molar-refractivity contribution in [2.45, 2.75) is 76.7 Å². The summed E-state index contributed by atoms with van der Waals surface area (Å²) in [5.74, 6) is 1.23. The molecule has 0 atom stereocenters. The third-order valence-electron chi connectivity index (χ3n) is 7.03. The second-order valence-electron chi connectivity index (χ2n) is 10.7. The third kappa shape index (κ3) is 5.95. The van der Waals surface area contributed by atoms with Gasteiger partial charge in [-0.1, -0.05) is 31.0 Å². The highest BCUT2D eigenvalue weighted by molar-refractivity contribution is 6.15. The Morgan fingerprint density at radius 2 is 1.80 bits per heavy atom. The zero-order chi connectivity index (χ0) is 24.4. The number of hydrogen-bond donors (Lipinski definition) is 1. The van der Waals surface area contributed by atoms with Crippen molar-refractivity contribution >= 4 is 17.3 Å². The van der Waals surface area contributed by atoms with E-state index in [2.05, 4.69) is 20.5 Å². The summed E-state index contributed by atoms with van der Waals surface area (Å²) >= 11 is 0. The molecule has 6 nitrogen and oxygen atoms in total. The molecule has 0 unspecified atom stereocenters. The molecule has 5 rings (SSSR count).